The molecule has 1 saturated heterocycles. The number of carbonyl (C=O) groups is 1. The van der Waals surface area contributed by atoms with Crippen LogP contribution in [0.15, 0.2) is 30.3 Å². The van der Waals surface area contributed by atoms with Gasteiger partial charge in [-0.1, -0.05) is 37.3 Å². The predicted molar refractivity (Wildman–Crippen MR) is 75.6 cm³/mol. The maximum absolute atomic E-state index is 12.2. The number of esters is 1. The van der Waals surface area contributed by atoms with Crippen LogP contribution in [0.5, 0.6) is 0 Å². The van der Waals surface area contributed by atoms with Crippen LogP contribution in [-0.2, 0) is 16.1 Å². The van der Waals surface area contributed by atoms with Crippen LogP contribution in [0.25, 0.3) is 0 Å². The molecule has 0 spiro atoms. The molecule has 1 aliphatic heterocycles. The Morgan fingerprint density at radius 2 is 1.95 bits per heavy atom. The van der Waals surface area contributed by atoms with Crippen molar-refractivity contribution in [3.05, 3.63) is 35.9 Å². The molecular weight excluding hydrogens is 238 g/mol. The van der Waals surface area contributed by atoms with Gasteiger partial charge in [-0.2, -0.15) is 0 Å². The average Bonchev–Trinajstić information content (AvgIpc) is 2.26. The molecule has 0 unspecified atom stereocenters. The van der Waals surface area contributed by atoms with Crippen molar-refractivity contribution in [3.8, 4) is 0 Å². The van der Waals surface area contributed by atoms with E-state index in [-0.39, 0.29) is 12.0 Å². The second kappa shape index (κ2) is 5.33. The Labute approximate surface area is 115 Å². The summed E-state index contributed by atoms with van der Waals surface area (Å²) in [6.07, 6.45) is 0. The van der Waals surface area contributed by atoms with Gasteiger partial charge in [-0.15, -0.1) is 0 Å². The molecule has 0 aromatic heterocycles. The van der Waals surface area contributed by atoms with E-state index in [2.05, 4.69) is 24.0 Å². The molecule has 1 heterocycles. The number of hydrogen-bond acceptors (Lipinski definition) is 3. The van der Waals surface area contributed by atoms with Gasteiger partial charge in [-0.25, -0.2) is 0 Å². The Bertz CT molecular complexity index is 436. The minimum Gasteiger partial charge on any atom is -0.459 e. The second-order valence-electron chi connectivity index (χ2n) is 6.37. The van der Waals surface area contributed by atoms with E-state index in [0.717, 1.165) is 13.1 Å². The summed E-state index contributed by atoms with van der Waals surface area (Å²) in [6.45, 7) is 9.62. The zero-order chi connectivity index (χ0) is 14.0. The molecule has 0 bridgehead atoms. The SMILES string of the molecule is C[C@@H]1CN(Cc2ccccc2)[C@@H]1C(=O)OC(C)(C)C. The zero-order valence-corrected chi connectivity index (χ0v) is 12.2. The fourth-order valence-corrected chi connectivity index (χ4v) is 2.53. The summed E-state index contributed by atoms with van der Waals surface area (Å²) in [5, 5.41) is 0. The predicted octanol–water partition coefficient (Wildman–Crippen LogP) is 2.85. The van der Waals surface area contributed by atoms with Crippen LogP contribution in [0.1, 0.15) is 33.3 Å². The lowest BCUT2D eigenvalue weighted by Crippen LogP contribution is -2.59. The molecule has 0 saturated carbocycles. The summed E-state index contributed by atoms with van der Waals surface area (Å²) in [6, 6.07) is 10.2. The fraction of sp³-hybridized carbons (Fsp3) is 0.562. The van der Waals surface area contributed by atoms with Crippen molar-refractivity contribution in [1.29, 1.82) is 0 Å². The van der Waals surface area contributed by atoms with Crippen LogP contribution in [-0.4, -0.2) is 29.1 Å². The maximum atomic E-state index is 12.2. The highest BCUT2D eigenvalue weighted by Crippen LogP contribution is 2.28. The maximum Gasteiger partial charge on any atom is 0.324 e. The molecule has 1 fully saturated rings. The Kier molecular flexibility index (Phi) is 3.95. The minimum absolute atomic E-state index is 0.0952. The van der Waals surface area contributed by atoms with E-state index >= 15 is 0 Å². The fourth-order valence-electron chi connectivity index (χ4n) is 2.53. The van der Waals surface area contributed by atoms with Crippen molar-refractivity contribution in [1.82, 2.24) is 4.90 Å². The number of nitrogens with zero attached hydrogens (tertiary/aromatic N) is 1. The van der Waals surface area contributed by atoms with Gasteiger partial charge in [0.2, 0.25) is 0 Å². The molecule has 104 valence electrons. The first-order valence-electron chi connectivity index (χ1n) is 6.87. The van der Waals surface area contributed by atoms with E-state index in [1.54, 1.807) is 0 Å². The zero-order valence-electron chi connectivity index (χ0n) is 12.2. The number of ether oxygens (including phenoxy) is 1. The third-order valence-electron chi connectivity index (χ3n) is 3.33. The molecule has 1 aromatic rings. The molecule has 0 aliphatic carbocycles. The average molecular weight is 261 g/mol. The topological polar surface area (TPSA) is 29.5 Å². The summed E-state index contributed by atoms with van der Waals surface area (Å²) in [5.74, 6) is 0.278. The molecule has 0 amide bonds. The summed E-state index contributed by atoms with van der Waals surface area (Å²) < 4.78 is 5.50. The van der Waals surface area contributed by atoms with Gasteiger partial charge in [0.15, 0.2) is 0 Å². The molecule has 0 radical (unpaired) electrons. The lowest BCUT2D eigenvalue weighted by Gasteiger charge is -2.45. The van der Waals surface area contributed by atoms with E-state index in [1.165, 1.54) is 5.56 Å². The smallest absolute Gasteiger partial charge is 0.324 e. The van der Waals surface area contributed by atoms with E-state index in [0.29, 0.717) is 5.92 Å². The first kappa shape index (κ1) is 14.1. The number of benzene rings is 1. The van der Waals surface area contributed by atoms with E-state index in [1.807, 2.05) is 39.0 Å². The molecule has 3 nitrogen and oxygen atoms in total. The summed E-state index contributed by atoms with van der Waals surface area (Å²) in [4.78, 5) is 14.4. The normalized spacial score (nSPS) is 23.8. The summed E-state index contributed by atoms with van der Waals surface area (Å²) in [5.41, 5.74) is 0.827. The quantitative estimate of drug-likeness (QED) is 0.784. The van der Waals surface area contributed by atoms with Gasteiger partial charge in [0, 0.05) is 13.1 Å². The lowest BCUT2D eigenvalue weighted by atomic mass is 9.89. The molecule has 2 rings (SSSR count). The first-order valence-corrected chi connectivity index (χ1v) is 6.87. The van der Waals surface area contributed by atoms with Gasteiger partial charge in [-0.05, 0) is 32.3 Å². The van der Waals surface area contributed by atoms with Crippen molar-refractivity contribution < 1.29 is 9.53 Å². The van der Waals surface area contributed by atoms with Crippen molar-refractivity contribution in [2.45, 2.75) is 45.9 Å². The number of likely N-dealkylation sites (tertiary alicyclic amines) is 1. The van der Waals surface area contributed by atoms with Gasteiger partial charge in [0.25, 0.3) is 0 Å². The van der Waals surface area contributed by atoms with Crippen LogP contribution in [0, 0.1) is 5.92 Å². The van der Waals surface area contributed by atoms with Crippen molar-refractivity contribution in [2.24, 2.45) is 5.92 Å². The largest absolute Gasteiger partial charge is 0.459 e. The van der Waals surface area contributed by atoms with Crippen molar-refractivity contribution >= 4 is 5.97 Å². The summed E-state index contributed by atoms with van der Waals surface area (Å²) in [7, 11) is 0. The molecule has 1 aliphatic rings. The van der Waals surface area contributed by atoms with E-state index < -0.39 is 5.60 Å². The highest BCUT2D eigenvalue weighted by Gasteiger charge is 2.43. The first-order chi connectivity index (χ1) is 8.87. The van der Waals surface area contributed by atoms with Gasteiger partial charge in [-0.3, -0.25) is 9.69 Å². The Balaban J connectivity index is 1.98. The number of carbonyl (C=O) groups excluding carboxylic acids is 1. The van der Waals surface area contributed by atoms with Gasteiger partial charge >= 0.3 is 5.97 Å². The van der Waals surface area contributed by atoms with Crippen molar-refractivity contribution in [3.63, 3.8) is 0 Å². The monoisotopic (exact) mass is 261 g/mol. The van der Waals surface area contributed by atoms with Crippen LogP contribution in [0.4, 0.5) is 0 Å². The Hall–Kier alpha value is -1.35. The summed E-state index contributed by atoms with van der Waals surface area (Å²) >= 11 is 0. The van der Waals surface area contributed by atoms with Crippen molar-refractivity contribution in [2.75, 3.05) is 6.54 Å². The molecule has 1 aromatic carbocycles. The van der Waals surface area contributed by atoms with Crippen LogP contribution in [0.2, 0.25) is 0 Å². The Morgan fingerprint density at radius 3 is 2.47 bits per heavy atom. The van der Waals surface area contributed by atoms with Crippen LogP contribution in [0.3, 0.4) is 0 Å². The van der Waals surface area contributed by atoms with Crippen LogP contribution >= 0.6 is 0 Å². The molecule has 3 heteroatoms. The van der Waals surface area contributed by atoms with Gasteiger partial charge < -0.3 is 4.74 Å². The van der Waals surface area contributed by atoms with Gasteiger partial charge in [0.1, 0.15) is 11.6 Å². The third kappa shape index (κ3) is 3.57. The lowest BCUT2D eigenvalue weighted by molar-refractivity contribution is -0.171. The Morgan fingerprint density at radius 1 is 1.32 bits per heavy atom. The minimum atomic E-state index is -0.412. The number of rotatable bonds is 3. The third-order valence-corrected chi connectivity index (χ3v) is 3.33. The molecule has 0 N–H and O–H groups in total. The molecular formula is C16H23NO2. The van der Waals surface area contributed by atoms with Crippen LogP contribution < -0.4 is 0 Å². The number of hydrogen-bond donors (Lipinski definition) is 0. The van der Waals surface area contributed by atoms with E-state index in [4.69, 9.17) is 4.74 Å². The highest BCUT2D eigenvalue weighted by molar-refractivity contribution is 5.77. The standard InChI is InChI=1S/C16H23NO2/c1-12-10-17(11-13-8-6-5-7-9-13)14(12)15(18)19-16(2,3)4/h5-9,12,14H,10-11H2,1-4H3/t12-,14+/m1/s1. The van der Waals surface area contributed by atoms with Gasteiger partial charge in [0.05, 0.1) is 0 Å². The second-order valence-corrected chi connectivity index (χ2v) is 6.37. The molecule has 19 heavy (non-hydrogen) atoms. The molecule has 2 atom stereocenters. The van der Waals surface area contributed by atoms with E-state index in [9.17, 15) is 4.79 Å². The highest BCUT2D eigenvalue weighted by atomic mass is 16.6.